The van der Waals surface area contributed by atoms with Crippen LogP contribution < -0.4 is 0 Å². The van der Waals surface area contributed by atoms with E-state index in [1.54, 1.807) is 6.07 Å². The molecule has 1 aromatic rings. The molecule has 0 bridgehead atoms. The summed E-state index contributed by atoms with van der Waals surface area (Å²) in [5, 5.41) is 0. The average molecular weight is 296 g/mol. The number of benzene rings is 1. The van der Waals surface area contributed by atoms with Crippen molar-refractivity contribution in [3.05, 3.63) is 29.3 Å². The predicted molar refractivity (Wildman–Crippen MR) is 80.4 cm³/mol. The molecule has 0 saturated heterocycles. The lowest BCUT2D eigenvalue weighted by molar-refractivity contribution is 0.313. The van der Waals surface area contributed by atoms with Crippen molar-refractivity contribution >= 4 is 10.1 Å². The zero-order valence-corrected chi connectivity index (χ0v) is 13.4. The summed E-state index contributed by atoms with van der Waals surface area (Å²) in [5.41, 5.74) is 2.01. The average Bonchev–Trinajstić information content (AvgIpc) is 2.47. The van der Waals surface area contributed by atoms with E-state index in [0.29, 0.717) is 10.8 Å². The van der Waals surface area contributed by atoms with Crippen molar-refractivity contribution < 1.29 is 12.6 Å². The summed E-state index contributed by atoms with van der Waals surface area (Å²) in [6.45, 7) is 4.15. The van der Waals surface area contributed by atoms with Crippen LogP contribution in [0.3, 0.4) is 0 Å². The lowest BCUT2D eigenvalue weighted by Crippen LogP contribution is -2.17. The Kier molecular flexibility index (Phi) is 4.86. The van der Waals surface area contributed by atoms with Gasteiger partial charge < -0.3 is 0 Å². The van der Waals surface area contributed by atoms with E-state index in [0.717, 1.165) is 11.1 Å². The predicted octanol–water partition coefficient (Wildman–Crippen LogP) is 4.01. The zero-order chi connectivity index (χ0) is 14.8. The van der Waals surface area contributed by atoms with Crippen molar-refractivity contribution in [2.24, 2.45) is 5.92 Å². The summed E-state index contributed by atoms with van der Waals surface area (Å²) < 4.78 is 28.9. The summed E-state index contributed by atoms with van der Waals surface area (Å²) in [4.78, 5) is 0.337. The first-order valence-corrected chi connectivity index (χ1v) is 8.77. The molecule has 20 heavy (non-hydrogen) atoms. The molecular weight excluding hydrogens is 272 g/mol. The summed E-state index contributed by atoms with van der Waals surface area (Å²) in [6, 6.07) is 5.52. The van der Waals surface area contributed by atoms with Crippen molar-refractivity contribution in [1.82, 2.24) is 0 Å². The third kappa shape index (κ3) is 3.23. The number of hydrogen-bond donors (Lipinski definition) is 0. The lowest BCUT2D eigenvalue weighted by atomic mass is 9.77. The summed E-state index contributed by atoms with van der Waals surface area (Å²) in [5.74, 6) is 0.839. The van der Waals surface area contributed by atoms with Gasteiger partial charge in [-0.05, 0) is 43.2 Å². The molecule has 1 atom stereocenters. The second-order valence-electron chi connectivity index (χ2n) is 5.85. The van der Waals surface area contributed by atoms with E-state index in [1.165, 1.54) is 39.2 Å². The van der Waals surface area contributed by atoms with Gasteiger partial charge in [0.05, 0.1) is 12.0 Å². The smallest absolute Gasteiger partial charge is 0.270 e. The molecule has 1 aromatic carbocycles. The largest absolute Gasteiger partial charge is 0.296 e. The van der Waals surface area contributed by atoms with Gasteiger partial charge in [-0.2, -0.15) is 8.42 Å². The van der Waals surface area contributed by atoms with Gasteiger partial charge in [0.2, 0.25) is 0 Å². The summed E-state index contributed by atoms with van der Waals surface area (Å²) >= 11 is 0. The molecule has 1 saturated carbocycles. The van der Waals surface area contributed by atoms with Crippen LogP contribution in [0.1, 0.15) is 56.1 Å². The van der Waals surface area contributed by atoms with Gasteiger partial charge in [0, 0.05) is 0 Å². The molecule has 0 amide bonds. The van der Waals surface area contributed by atoms with Gasteiger partial charge in [0.25, 0.3) is 10.1 Å². The molecule has 0 N–H and O–H groups in total. The maximum absolute atomic E-state index is 12.1. The number of aryl methyl sites for hydroxylation is 1. The molecule has 1 fully saturated rings. The Balaban J connectivity index is 2.41. The van der Waals surface area contributed by atoms with Crippen LogP contribution in [-0.2, 0) is 14.3 Å². The quantitative estimate of drug-likeness (QED) is 0.788. The fraction of sp³-hybridized carbons (Fsp3) is 0.625. The number of hydrogen-bond acceptors (Lipinski definition) is 3. The van der Waals surface area contributed by atoms with Gasteiger partial charge in [-0.15, -0.1) is 0 Å². The zero-order valence-electron chi connectivity index (χ0n) is 12.6. The molecule has 0 heterocycles. The van der Waals surface area contributed by atoms with Crippen molar-refractivity contribution in [3.8, 4) is 0 Å². The van der Waals surface area contributed by atoms with E-state index in [1.807, 2.05) is 19.1 Å². The topological polar surface area (TPSA) is 43.4 Å². The van der Waals surface area contributed by atoms with Crippen molar-refractivity contribution in [3.63, 3.8) is 0 Å². The van der Waals surface area contributed by atoms with Crippen LogP contribution >= 0.6 is 0 Å². The third-order valence-corrected chi connectivity index (χ3v) is 5.85. The molecular formula is C16H24O3S. The Bertz CT molecular complexity index is 557. The molecule has 1 unspecified atom stereocenters. The Labute approximate surface area is 122 Å². The van der Waals surface area contributed by atoms with Gasteiger partial charge in [0.15, 0.2) is 0 Å². The summed E-state index contributed by atoms with van der Waals surface area (Å²) in [7, 11) is -2.40. The SMILES string of the molecule is COS(=O)(=O)c1ccc(C)cc1C(C)C1CCCCC1. The Morgan fingerprint density at radius 3 is 2.45 bits per heavy atom. The molecule has 0 radical (unpaired) electrons. The second kappa shape index (κ2) is 6.27. The normalized spacial score (nSPS) is 18.9. The first-order chi connectivity index (χ1) is 9.45. The molecule has 0 spiro atoms. The van der Waals surface area contributed by atoms with Crippen LogP contribution in [0.15, 0.2) is 23.1 Å². The third-order valence-electron chi connectivity index (χ3n) is 4.50. The highest BCUT2D eigenvalue weighted by Crippen LogP contribution is 2.38. The van der Waals surface area contributed by atoms with Crippen molar-refractivity contribution in [1.29, 1.82) is 0 Å². The molecule has 1 aliphatic rings. The van der Waals surface area contributed by atoms with E-state index in [4.69, 9.17) is 4.18 Å². The molecule has 0 aliphatic heterocycles. The fourth-order valence-corrected chi connectivity index (χ4v) is 4.18. The van der Waals surface area contributed by atoms with Crippen LogP contribution in [0.4, 0.5) is 0 Å². The van der Waals surface area contributed by atoms with Crippen LogP contribution in [0.5, 0.6) is 0 Å². The minimum atomic E-state index is -3.63. The second-order valence-corrected chi connectivity index (χ2v) is 7.53. The standard InChI is InChI=1S/C16H24O3S/c1-12-9-10-16(20(17,18)19-3)15(11-12)13(2)14-7-5-4-6-8-14/h9-11,13-14H,4-8H2,1-3H3. The Morgan fingerprint density at radius 2 is 1.85 bits per heavy atom. The van der Waals surface area contributed by atoms with Gasteiger partial charge in [0.1, 0.15) is 0 Å². The van der Waals surface area contributed by atoms with Gasteiger partial charge in [-0.3, -0.25) is 4.18 Å². The minimum Gasteiger partial charge on any atom is -0.270 e. The Hall–Kier alpha value is -0.870. The van der Waals surface area contributed by atoms with E-state index in [2.05, 4.69) is 6.92 Å². The highest BCUT2D eigenvalue weighted by atomic mass is 32.2. The molecule has 3 nitrogen and oxygen atoms in total. The lowest BCUT2D eigenvalue weighted by Gasteiger charge is -2.29. The molecule has 4 heteroatoms. The maximum atomic E-state index is 12.1. The number of rotatable bonds is 4. The van der Waals surface area contributed by atoms with Gasteiger partial charge >= 0.3 is 0 Å². The van der Waals surface area contributed by atoms with E-state index < -0.39 is 10.1 Å². The molecule has 2 rings (SSSR count). The Morgan fingerprint density at radius 1 is 1.20 bits per heavy atom. The maximum Gasteiger partial charge on any atom is 0.296 e. The first kappa shape index (κ1) is 15.5. The van der Waals surface area contributed by atoms with E-state index in [-0.39, 0.29) is 5.92 Å². The fourth-order valence-electron chi connectivity index (χ4n) is 3.23. The molecule has 112 valence electrons. The van der Waals surface area contributed by atoms with Gasteiger partial charge in [-0.25, -0.2) is 0 Å². The van der Waals surface area contributed by atoms with Crippen molar-refractivity contribution in [2.45, 2.75) is 56.8 Å². The minimum absolute atomic E-state index is 0.259. The summed E-state index contributed by atoms with van der Waals surface area (Å²) in [6.07, 6.45) is 6.21. The first-order valence-electron chi connectivity index (χ1n) is 7.37. The van der Waals surface area contributed by atoms with E-state index in [9.17, 15) is 8.42 Å². The molecule has 0 aromatic heterocycles. The van der Waals surface area contributed by atoms with E-state index >= 15 is 0 Å². The van der Waals surface area contributed by atoms with Crippen LogP contribution in [0.2, 0.25) is 0 Å². The van der Waals surface area contributed by atoms with Crippen molar-refractivity contribution in [2.75, 3.05) is 7.11 Å². The highest BCUT2D eigenvalue weighted by molar-refractivity contribution is 7.86. The monoisotopic (exact) mass is 296 g/mol. The molecule has 1 aliphatic carbocycles. The van der Waals surface area contributed by atoms with Crippen LogP contribution in [-0.4, -0.2) is 15.5 Å². The van der Waals surface area contributed by atoms with Gasteiger partial charge in [-0.1, -0.05) is 43.9 Å². The van der Waals surface area contributed by atoms with Crippen LogP contribution in [0, 0.1) is 12.8 Å². The highest BCUT2D eigenvalue weighted by Gasteiger charge is 2.27. The van der Waals surface area contributed by atoms with Crippen LogP contribution in [0.25, 0.3) is 0 Å².